The number of ether oxygens (including phenoxy) is 5. The van der Waals surface area contributed by atoms with Gasteiger partial charge in [0.05, 0.1) is 39.6 Å². The quantitative estimate of drug-likeness (QED) is 0.0318. The Morgan fingerprint density at radius 1 is 0.433 bits per heavy atom. The molecule has 7 aromatic rings. The monoisotopic (exact) mass is 797 g/mol. The van der Waals surface area contributed by atoms with E-state index < -0.39 is 23.9 Å². The van der Waals surface area contributed by atoms with E-state index in [2.05, 4.69) is 41.6 Å². The minimum absolute atomic E-state index is 0.0235. The molecule has 7 rings (SSSR count). The molecule has 3 atom stereocenters. The third-order valence-electron chi connectivity index (χ3n) is 10.4. The Morgan fingerprint density at radius 3 is 1.18 bits per heavy atom. The standard InChI is InChI=1S/C53H51NO6/c55-54-49(40-56-36-42-22-8-1-9-23-42)51(58-38-44-26-12-3-13-27-44)52(59-39-45-28-14-4-15-29-45)50(57-37-43-24-10-2-11-25-43)41-60-53(46-30-16-5-17-31-46,47-32-18-6-19-33-47)48-34-20-7-21-35-48/h1-35,50-52,55H,36-41H2/b54-49+/t50-,51+,52+/m0/s1. The second-order valence-electron chi connectivity index (χ2n) is 14.5. The fourth-order valence-electron chi connectivity index (χ4n) is 7.30. The van der Waals surface area contributed by atoms with Gasteiger partial charge in [-0.1, -0.05) is 217 Å². The number of rotatable bonds is 22. The van der Waals surface area contributed by atoms with Crippen molar-refractivity contribution < 1.29 is 28.9 Å². The third kappa shape index (κ3) is 11.3. The average Bonchev–Trinajstić information content (AvgIpc) is 3.33. The lowest BCUT2D eigenvalue weighted by Gasteiger charge is -2.39. The van der Waals surface area contributed by atoms with Crippen molar-refractivity contribution in [1.82, 2.24) is 0 Å². The molecule has 0 aliphatic rings. The van der Waals surface area contributed by atoms with Gasteiger partial charge in [-0.05, 0) is 38.9 Å². The van der Waals surface area contributed by atoms with Gasteiger partial charge in [0.25, 0.3) is 0 Å². The molecular formula is C53H51NO6. The minimum atomic E-state index is -1.05. The molecule has 0 radical (unpaired) electrons. The second kappa shape index (κ2) is 22.3. The van der Waals surface area contributed by atoms with E-state index in [0.717, 1.165) is 38.9 Å². The summed E-state index contributed by atoms with van der Waals surface area (Å²) in [6, 6.07) is 70.5. The lowest BCUT2D eigenvalue weighted by atomic mass is 9.80. The van der Waals surface area contributed by atoms with Crippen molar-refractivity contribution in [1.29, 1.82) is 0 Å². The predicted molar refractivity (Wildman–Crippen MR) is 236 cm³/mol. The Bertz CT molecular complexity index is 2170. The average molecular weight is 798 g/mol. The zero-order valence-corrected chi connectivity index (χ0v) is 33.6. The van der Waals surface area contributed by atoms with Gasteiger partial charge in [-0.2, -0.15) is 0 Å². The van der Waals surface area contributed by atoms with Gasteiger partial charge in [-0.3, -0.25) is 0 Å². The minimum Gasteiger partial charge on any atom is -0.411 e. The summed E-state index contributed by atoms with van der Waals surface area (Å²) in [6.45, 7) is 1.04. The predicted octanol–water partition coefficient (Wildman–Crippen LogP) is 10.8. The topological polar surface area (TPSA) is 78.7 Å². The van der Waals surface area contributed by atoms with E-state index in [-0.39, 0.29) is 38.7 Å². The first-order valence-corrected chi connectivity index (χ1v) is 20.3. The van der Waals surface area contributed by atoms with Gasteiger partial charge in [0.1, 0.15) is 29.6 Å². The maximum absolute atomic E-state index is 10.8. The van der Waals surface area contributed by atoms with Crippen LogP contribution in [0.4, 0.5) is 0 Å². The fraction of sp³-hybridized carbons (Fsp3) is 0.189. The van der Waals surface area contributed by atoms with Crippen molar-refractivity contribution in [2.45, 2.75) is 50.3 Å². The summed E-state index contributed by atoms with van der Waals surface area (Å²) in [5.74, 6) is 0. The molecule has 60 heavy (non-hydrogen) atoms. The van der Waals surface area contributed by atoms with Gasteiger partial charge in [0, 0.05) is 0 Å². The van der Waals surface area contributed by atoms with Crippen LogP contribution in [-0.4, -0.2) is 42.4 Å². The Morgan fingerprint density at radius 2 is 0.783 bits per heavy atom. The Kier molecular flexibility index (Phi) is 15.6. The summed E-state index contributed by atoms with van der Waals surface area (Å²) >= 11 is 0. The maximum atomic E-state index is 10.8. The van der Waals surface area contributed by atoms with E-state index in [1.54, 1.807) is 0 Å². The van der Waals surface area contributed by atoms with Crippen LogP contribution in [0.15, 0.2) is 217 Å². The van der Waals surface area contributed by atoms with Crippen LogP contribution in [-0.2, 0) is 55.7 Å². The highest BCUT2D eigenvalue weighted by molar-refractivity contribution is 5.90. The Hall–Kier alpha value is -6.19. The number of benzene rings is 7. The fourth-order valence-corrected chi connectivity index (χ4v) is 7.30. The largest absolute Gasteiger partial charge is 0.411 e. The molecule has 0 aromatic heterocycles. The summed E-state index contributed by atoms with van der Waals surface area (Å²) < 4.78 is 34.4. The molecule has 0 fully saturated rings. The van der Waals surface area contributed by atoms with E-state index in [0.29, 0.717) is 6.61 Å². The van der Waals surface area contributed by atoms with Gasteiger partial charge in [-0.25, -0.2) is 0 Å². The smallest absolute Gasteiger partial charge is 0.143 e. The highest BCUT2D eigenvalue weighted by Gasteiger charge is 2.42. The van der Waals surface area contributed by atoms with Crippen molar-refractivity contribution in [3.05, 3.63) is 251 Å². The molecule has 0 amide bonds. The molecule has 0 spiro atoms. The van der Waals surface area contributed by atoms with E-state index >= 15 is 0 Å². The molecule has 7 nitrogen and oxygen atoms in total. The van der Waals surface area contributed by atoms with Crippen LogP contribution >= 0.6 is 0 Å². The summed E-state index contributed by atoms with van der Waals surface area (Å²) in [5, 5.41) is 14.7. The Labute approximate surface area is 353 Å². The number of hydrogen-bond donors (Lipinski definition) is 1. The first-order valence-electron chi connectivity index (χ1n) is 20.3. The molecule has 0 aliphatic carbocycles. The molecule has 0 saturated heterocycles. The van der Waals surface area contributed by atoms with Crippen LogP contribution in [0.5, 0.6) is 0 Å². The molecule has 7 heteroatoms. The summed E-state index contributed by atoms with van der Waals surface area (Å²) in [6.07, 6.45) is -2.56. The zero-order valence-electron chi connectivity index (χ0n) is 33.6. The third-order valence-corrected chi connectivity index (χ3v) is 10.4. The highest BCUT2D eigenvalue weighted by Crippen LogP contribution is 2.41. The molecule has 0 aliphatic heterocycles. The SMILES string of the molecule is O/N=C(\COCc1ccccc1)[C@@H](OCc1ccccc1)[C@H](OCc1ccccc1)[C@H](COC(c1ccccc1)(c1ccccc1)c1ccccc1)OCc1ccccc1. The highest BCUT2D eigenvalue weighted by atomic mass is 16.6. The molecule has 0 heterocycles. The van der Waals surface area contributed by atoms with Gasteiger partial charge in [-0.15, -0.1) is 0 Å². The summed E-state index contributed by atoms with van der Waals surface area (Å²) in [7, 11) is 0. The number of hydrogen-bond acceptors (Lipinski definition) is 7. The van der Waals surface area contributed by atoms with Crippen molar-refractivity contribution in [3.8, 4) is 0 Å². The summed E-state index contributed by atoms with van der Waals surface area (Å²) in [4.78, 5) is 0. The van der Waals surface area contributed by atoms with Crippen LogP contribution in [0.3, 0.4) is 0 Å². The summed E-state index contributed by atoms with van der Waals surface area (Å²) in [5.41, 5.74) is 5.95. The van der Waals surface area contributed by atoms with Crippen molar-refractivity contribution in [3.63, 3.8) is 0 Å². The van der Waals surface area contributed by atoms with E-state index in [4.69, 9.17) is 23.7 Å². The van der Waals surface area contributed by atoms with Crippen LogP contribution in [0, 0.1) is 0 Å². The first kappa shape index (κ1) is 42.0. The molecule has 1 N–H and O–H groups in total. The van der Waals surface area contributed by atoms with Crippen molar-refractivity contribution in [2.75, 3.05) is 13.2 Å². The first-order chi connectivity index (χ1) is 29.7. The lowest BCUT2D eigenvalue weighted by molar-refractivity contribution is -0.163. The van der Waals surface area contributed by atoms with Crippen molar-refractivity contribution >= 4 is 5.71 Å². The lowest BCUT2D eigenvalue weighted by Crippen LogP contribution is -2.50. The Balaban J connectivity index is 1.31. The van der Waals surface area contributed by atoms with Gasteiger partial charge in [0.15, 0.2) is 0 Å². The van der Waals surface area contributed by atoms with Crippen LogP contribution < -0.4 is 0 Å². The molecule has 0 bridgehead atoms. The van der Waals surface area contributed by atoms with E-state index in [1.165, 1.54) is 0 Å². The molecule has 0 saturated carbocycles. The number of oxime groups is 1. The van der Waals surface area contributed by atoms with Crippen LogP contribution in [0.1, 0.15) is 38.9 Å². The maximum Gasteiger partial charge on any atom is 0.143 e. The molecule has 304 valence electrons. The van der Waals surface area contributed by atoms with Crippen molar-refractivity contribution in [2.24, 2.45) is 5.16 Å². The normalized spacial score (nSPS) is 13.4. The van der Waals surface area contributed by atoms with Crippen LogP contribution in [0.25, 0.3) is 0 Å². The molecule has 0 unspecified atom stereocenters. The molecular weight excluding hydrogens is 747 g/mol. The van der Waals surface area contributed by atoms with Crippen LogP contribution in [0.2, 0.25) is 0 Å². The van der Waals surface area contributed by atoms with E-state index in [9.17, 15) is 5.21 Å². The van der Waals surface area contributed by atoms with Gasteiger partial charge < -0.3 is 28.9 Å². The zero-order chi connectivity index (χ0) is 41.1. The second-order valence-corrected chi connectivity index (χ2v) is 14.5. The van der Waals surface area contributed by atoms with Gasteiger partial charge in [0.2, 0.25) is 0 Å². The molecule has 7 aromatic carbocycles. The number of nitrogens with zero attached hydrogens (tertiary/aromatic N) is 1. The van der Waals surface area contributed by atoms with E-state index in [1.807, 2.05) is 176 Å². The van der Waals surface area contributed by atoms with Gasteiger partial charge >= 0.3 is 0 Å².